The molecule has 0 aliphatic carbocycles. The van der Waals surface area contributed by atoms with Gasteiger partial charge in [-0.1, -0.05) is 29.3 Å². The highest BCUT2D eigenvalue weighted by molar-refractivity contribution is 6.42. The van der Waals surface area contributed by atoms with Crippen molar-refractivity contribution in [2.24, 2.45) is 0 Å². The summed E-state index contributed by atoms with van der Waals surface area (Å²) in [7, 11) is 0. The fourth-order valence-corrected chi connectivity index (χ4v) is 1.59. The molecule has 1 aromatic heterocycles. The molecule has 4 heteroatoms. The normalized spacial score (nSPS) is 9.93. The standard InChI is InChI=1S/C11H6Cl2N2/c12-9-3-1-7(5-10(9)13)11-4-2-8(6-14)15-11/h1-5,15H. The maximum Gasteiger partial charge on any atom is 0.118 e. The van der Waals surface area contributed by atoms with E-state index in [0.29, 0.717) is 15.7 Å². The van der Waals surface area contributed by atoms with E-state index in [4.69, 9.17) is 28.5 Å². The molecule has 0 aliphatic heterocycles. The molecule has 1 aromatic carbocycles. The molecule has 0 amide bonds. The lowest BCUT2D eigenvalue weighted by atomic mass is 10.2. The summed E-state index contributed by atoms with van der Waals surface area (Å²) in [6.45, 7) is 0. The second-order valence-electron chi connectivity index (χ2n) is 3.03. The van der Waals surface area contributed by atoms with Crippen LogP contribution in [0.4, 0.5) is 0 Å². The minimum atomic E-state index is 0.502. The van der Waals surface area contributed by atoms with Crippen molar-refractivity contribution in [2.75, 3.05) is 0 Å². The number of nitriles is 1. The van der Waals surface area contributed by atoms with E-state index >= 15 is 0 Å². The first-order chi connectivity index (χ1) is 7.20. The Hall–Kier alpha value is -1.43. The first kappa shape index (κ1) is 10.1. The van der Waals surface area contributed by atoms with Crippen molar-refractivity contribution in [1.82, 2.24) is 4.98 Å². The van der Waals surface area contributed by atoms with Gasteiger partial charge in [-0.25, -0.2) is 0 Å². The van der Waals surface area contributed by atoms with E-state index in [-0.39, 0.29) is 0 Å². The Balaban J connectivity index is 2.46. The summed E-state index contributed by atoms with van der Waals surface area (Å²) in [5.41, 5.74) is 2.28. The molecule has 0 bridgehead atoms. The van der Waals surface area contributed by atoms with Crippen LogP contribution in [0.1, 0.15) is 5.69 Å². The van der Waals surface area contributed by atoms with Crippen LogP contribution in [0.3, 0.4) is 0 Å². The summed E-state index contributed by atoms with van der Waals surface area (Å²) in [5.74, 6) is 0. The van der Waals surface area contributed by atoms with Crippen molar-refractivity contribution < 1.29 is 0 Å². The van der Waals surface area contributed by atoms with E-state index < -0.39 is 0 Å². The zero-order valence-corrected chi connectivity index (χ0v) is 9.10. The molecule has 0 spiro atoms. The van der Waals surface area contributed by atoms with Gasteiger partial charge in [0.25, 0.3) is 0 Å². The van der Waals surface area contributed by atoms with Gasteiger partial charge in [0.1, 0.15) is 11.8 Å². The highest BCUT2D eigenvalue weighted by Crippen LogP contribution is 2.27. The van der Waals surface area contributed by atoms with E-state index in [2.05, 4.69) is 4.98 Å². The SMILES string of the molecule is N#Cc1ccc(-c2ccc(Cl)c(Cl)c2)[nH]1. The molecule has 0 aliphatic rings. The predicted octanol–water partition coefficient (Wildman–Crippen LogP) is 3.86. The fourth-order valence-electron chi connectivity index (χ4n) is 1.29. The van der Waals surface area contributed by atoms with Gasteiger partial charge in [0.05, 0.1) is 10.0 Å². The van der Waals surface area contributed by atoms with Gasteiger partial charge in [-0.15, -0.1) is 0 Å². The van der Waals surface area contributed by atoms with Gasteiger partial charge in [0.2, 0.25) is 0 Å². The molecule has 1 heterocycles. The Labute approximate surface area is 97.1 Å². The van der Waals surface area contributed by atoms with Gasteiger partial charge >= 0.3 is 0 Å². The molecule has 2 aromatic rings. The van der Waals surface area contributed by atoms with E-state index in [1.165, 1.54) is 0 Å². The summed E-state index contributed by atoms with van der Waals surface area (Å²) in [6, 6.07) is 10.9. The first-order valence-electron chi connectivity index (χ1n) is 4.25. The molecule has 2 nitrogen and oxygen atoms in total. The van der Waals surface area contributed by atoms with Crippen LogP contribution < -0.4 is 0 Å². The second kappa shape index (κ2) is 3.98. The molecule has 0 saturated heterocycles. The number of rotatable bonds is 1. The zero-order chi connectivity index (χ0) is 10.8. The van der Waals surface area contributed by atoms with Gasteiger partial charge in [-0.05, 0) is 29.8 Å². The third-order valence-electron chi connectivity index (χ3n) is 2.04. The van der Waals surface area contributed by atoms with Crippen molar-refractivity contribution in [3.8, 4) is 17.3 Å². The maximum atomic E-state index is 8.67. The van der Waals surface area contributed by atoms with Crippen LogP contribution in [0.2, 0.25) is 10.0 Å². The number of H-pyrrole nitrogens is 1. The van der Waals surface area contributed by atoms with Crippen molar-refractivity contribution in [3.63, 3.8) is 0 Å². The lowest BCUT2D eigenvalue weighted by molar-refractivity contribution is 1.33. The minimum absolute atomic E-state index is 0.502. The average Bonchev–Trinajstić information content (AvgIpc) is 2.70. The molecule has 0 fully saturated rings. The number of halogens is 2. The molecule has 0 saturated carbocycles. The third-order valence-corrected chi connectivity index (χ3v) is 2.78. The van der Waals surface area contributed by atoms with Crippen LogP contribution in [-0.2, 0) is 0 Å². The topological polar surface area (TPSA) is 39.6 Å². The lowest BCUT2D eigenvalue weighted by Crippen LogP contribution is -1.79. The summed E-state index contributed by atoms with van der Waals surface area (Å²) in [6.07, 6.45) is 0. The van der Waals surface area contributed by atoms with Crippen LogP contribution in [0, 0.1) is 11.3 Å². The van der Waals surface area contributed by atoms with Crippen LogP contribution in [-0.4, -0.2) is 4.98 Å². The minimum Gasteiger partial charge on any atom is -0.346 e. The van der Waals surface area contributed by atoms with Gasteiger partial charge in [0.15, 0.2) is 0 Å². The van der Waals surface area contributed by atoms with Crippen molar-refractivity contribution in [3.05, 3.63) is 46.1 Å². The van der Waals surface area contributed by atoms with Crippen molar-refractivity contribution >= 4 is 23.2 Å². The average molecular weight is 237 g/mol. The third kappa shape index (κ3) is 1.99. The van der Waals surface area contributed by atoms with E-state index in [1.54, 1.807) is 18.2 Å². The Morgan fingerprint density at radius 3 is 2.47 bits per heavy atom. The smallest absolute Gasteiger partial charge is 0.118 e. The summed E-state index contributed by atoms with van der Waals surface area (Å²) in [4.78, 5) is 2.96. The summed E-state index contributed by atoms with van der Waals surface area (Å²) in [5, 5.41) is 9.69. The summed E-state index contributed by atoms with van der Waals surface area (Å²) >= 11 is 11.7. The molecule has 1 N–H and O–H groups in total. The summed E-state index contributed by atoms with van der Waals surface area (Å²) < 4.78 is 0. The number of aromatic amines is 1. The highest BCUT2D eigenvalue weighted by atomic mass is 35.5. The Morgan fingerprint density at radius 2 is 1.87 bits per heavy atom. The molecule has 2 rings (SSSR count). The molecular weight excluding hydrogens is 231 g/mol. The largest absolute Gasteiger partial charge is 0.346 e. The molecule has 74 valence electrons. The quantitative estimate of drug-likeness (QED) is 0.803. The second-order valence-corrected chi connectivity index (χ2v) is 3.84. The first-order valence-corrected chi connectivity index (χ1v) is 5.01. The lowest BCUT2D eigenvalue weighted by Gasteiger charge is -2.00. The van der Waals surface area contributed by atoms with Gasteiger partial charge < -0.3 is 4.98 Å². The molecule has 0 atom stereocenters. The van der Waals surface area contributed by atoms with E-state index in [0.717, 1.165) is 11.3 Å². The predicted molar refractivity (Wildman–Crippen MR) is 61.0 cm³/mol. The van der Waals surface area contributed by atoms with Gasteiger partial charge in [-0.3, -0.25) is 0 Å². The number of aromatic nitrogens is 1. The van der Waals surface area contributed by atoms with Crippen LogP contribution >= 0.6 is 23.2 Å². The van der Waals surface area contributed by atoms with Gasteiger partial charge in [0, 0.05) is 5.69 Å². The number of nitrogens with zero attached hydrogens (tertiary/aromatic N) is 1. The fraction of sp³-hybridized carbons (Fsp3) is 0. The number of nitrogens with one attached hydrogen (secondary N) is 1. The van der Waals surface area contributed by atoms with Crippen LogP contribution in [0.15, 0.2) is 30.3 Å². The molecule has 0 radical (unpaired) electrons. The molecule has 0 unspecified atom stereocenters. The van der Waals surface area contributed by atoms with Crippen molar-refractivity contribution in [1.29, 1.82) is 5.26 Å². The van der Waals surface area contributed by atoms with Crippen LogP contribution in [0.5, 0.6) is 0 Å². The number of benzene rings is 1. The maximum absolute atomic E-state index is 8.67. The Kier molecular flexibility index (Phi) is 2.68. The monoisotopic (exact) mass is 236 g/mol. The number of hydrogen-bond donors (Lipinski definition) is 1. The van der Waals surface area contributed by atoms with Gasteiger partial charge in [-0.2, -0.15) is 5.26 Å². The molecule has 15 heavy (non-hydrogen) atoms. The van der Waals surface area contributed by atoms with Crippen molar-refractivity contribution in [2.45, 2.75) is 0 Å². The van der Waals surface area contributed by atoms with Crippen LogP contribution in [0.25, 0.3) is 11.3 Å². The Bertz CT molecular complexity index is 538. The Morgan fingerprint density at radius 1 is 1.07 bits per heavy atom. The highest BCUT2D eigenvalue weighted by Gasteiger charge is 2.03. The van der Waals surface area contributed by atoms with E-state index in [9.17, 15) is 0 Å². The number of hydrogen-bond acceptors (Lipinski definition) is 1. The zero-order valence-electron chi connectivity index (χ0n) is 7.59. The molecular formula is C11H6Cl2N2. The van der Waals surface area contributed by atoms with E-state index in [1.807, 2.05) is 18.2 Å².